The standard InChI is InChI=1S/C15H11F4NO/c16-10-4-1-9(2-5-10)3-8-13(21)20-12-7-6-11(17)14(18)15(12)19/h1-2,4-7H,3,8H2,(H,20,21). The number of nitrogens with one attached hydrogen (secondary N) is 1. The van der Waals surface area contributed by atoms with Gasteiger partial charge in [-0.05, 0) is 36.2 Å². The molecule has 0 heterocycles. The summed E-state index contributed by atoms with van der Waals surface area (Å²) < 4.78 is 51.8. The zero-order valence-corrected chi connectivity index (χ0v) is 10.8. The summed E-state index contributed by atoms with van der Waals surface area (Å²) in [6, 6.07) is 7.27. The lowest BCUT2D eigenvalue weighted by molar-refractivity contribution is -0.116. The predicted octanol–water partition coefficient (Wildman–Crippen LogP) is 3.81. The number of benzene rings is 2. The number of halogens is 4. The van der Waals surface area contributed by atoms with Crippen molar-refractivity contribution < 1.29 is 22.4 Å². The SMILES string of the molecule is O=C(CCc1ccc(F)cc1)Nc1ccc(F)c(F)c1F. The van der Waals surface area contributed by atoms with Crippen LogP contribution in [0.5, 0.6) is 0 Å². The van der Waals surface area contributed by atoms with Crippen molar-refractivity contribution >= 4 is 11.6 Å². The van der Waals surface area contributed by atoms with Crippen LogP contribution < -0.4 is 5.32 Å². The van der Waals surface area contributed by atoms with Gasteiger partial charge in [-0.25, -0.2) is 17.6 Å². The summed E-state index contributed by atoms with van der Waals surface area (Å²) in [6.07, 6.45) is 0.321. The lowest BCUT2D eigenvalue weighted by atomic mass is 10.1. The maximum absolute atomic E-state index is 13.4. The van der Waals surface area contributed by atoms with Crippen LogP contribution in [-0.4, -0.2) is 5.91 Å². The van der Waals surface area contributed by atoms with E-state index in [9.17, 15) is 22.4 Å². The first-order valence-electron chi connectivity index (χ1n) is 6.15. The molecule has 2 aromatic carbocycles. The van der Waals surface area contributed by atoms with Gasteiger partial charge in [0.05, 0.1) is 5.69 Å². The quantitative estimate of drug-likeness (QED) is 0.674. The molecule has 0 atom stereocenters. The smallest absolute Gasteiger partial charge is 0.224 e. The van der Waals surface area contributed by atoms with Gasteiger partial charge < -0.3 is 5.32 Å². The Balaban J connectivity index is 1.96. The van der Waals surface area contributed by atoms with Crippen molar-refractivity contribution in [3.8, 4) is 0 Å². The van der Waals surface area contributed by atoms with E-state index in [2.05, 4.69) is 5.32 Å². The summed E-state index contributed by atoms with van der Waals surface area (Å²) in [5.41, 5.74) is 0.315. The van der Waals surface area contributed by atoms with E-state index in [0.717, 1.165) is 17.7 Å². The van der Waals surface area contributed by atoms with Gasteiger partial charge in [0.15, 0.2) is 17.5 Å². The van der Waals surface area contributed by atoms with Crippen LogP contribution in [0.3, 0.4) is 0 Å². The number of rotatable bonds is 4. The molecule has 2 nitrogen and oxygen atoms in total. The molecule has 0 aromatic heterocycles. The largest absolute Gasteiger partial charge is 0.323 e. The van der Waals surface area contributed by atoms with Gasteiger partial charge in [-0.3, -0.25) is 4.79 Å². The van der Waals surface area contributed by atoms with Crippen molar-refractivity contribution in [2.45, 2.75) is 12.8 Å². The predicted molar refractivity (Wildman–Crippen MR) is 69.7 cm³/mol. The second-order valence-corrected chi connectivity index (χ2v) is 4.40. The van der Waals surface area contributed by atoms with Crippen LogP contribution in [0.15, 0.2) is 36.4 Å². The van der Waals surface area contributed by atoms with Crippen LogP contribution in [-0.2, 0) is 11.2 Å². The molecule has 110 valence electrons. The van der Waals surface area contributed by atoms with E-state index in [-0.39, 0.29) is 12.2 Å². The zero-order chi connectivity index (χ0) is 15.4. The van der Waals surface area contributed by atoms with Crippen LogP contribution in [0, 0.1) is 23.3 Å². The third-order valence-corrected chi connectivity index (χ3v) is 2.86. The van der Waals surface area contributed by atoms with Gasteiger partial charge in [0, 0.05) is 6.42 Å². The molecule has 0 aliphatic carbocycles. The molecular weight excluding hydrogens is 286 g/mol. The normalized spacial score (nSPS) is 10.5. The molecule has 0 saturated carbocycles. The van der Waals surface area contributed by atoms with Crippen LogP contribution in [0.1, 0.15) is 12.0 Å². The Morgan fingerprint density at radius 3 is 2.24 bits per heavy atom. The summed E-state index contributed by atoms with van der Waals surface area (Å²) in [7, 11) is 0. The monoisotopic (exact) mass is 297 g/mol. The Hall–Kier alpha value is -2.37. The van der Waals surface area contributed by atoms with Crippen LogP contribution >= 0.6 is 0 Å². The average Bonchev–Trinajstić information content (AvgIpc) is 2.47. The Kier molecular flexibility index (Phi) is 4.57. The van der Waals surface area contributed by atoms with Gasteiger partial charge in [0.1, 0.15) is 5.82 Å². The first-order valence-corrected chi connectivity index (χ1v) is 6.15. The van der Waals surface area contributed by atoms with Crippen molar-refractivity contribution in [2.75, 3.05) is 5.32 Å². The minimum Gasteiger partial charge on any atom is -0.323 e. The Bertz CT molecular complexity index is 655. The molecule has 0 radical (unpaired) electrons. The number of carbonyl (C=O) groups is 1. The Morgan fingerprint density at radius 2 is 1.57 bits per heavy atom. The van der Waals surface area contributed by atoms with E-state index in [4.69, 9.17) is 0 Å². The number of amides is 1. The van der Waals surface area contributed by atoms with Gasteiger partial charge >= 0.3 is 0 Å². The molecule has 0 fully saturated rings. The molecule has 1 N–H and O–H groups in total. The van der Waals surface area contributed by atoms with Gasteiger partial charge in [0.25, 0.3) is 0 Å². The van der Waals surface area contributed by atoms with Crippen molar-refractivity contribution in [2.24, 2.45) is 0 Å². The molecule has 0 spiro atoms. The van der Waals surface area contributed by atoms with Crippen molar-refractivity contribution in [1.82, 2.24) is 0 Å². The highest BCUT2D eigenvalue weighted by Gasteiger charge is 2.15. The topological polar surface area (TPSA) is 29.1 Å². The average molecular weight is 297 g/mol. The molecule has 0 aliphatic heterocycles. The summed E-state index contributed by atoms with van der Waals surface area (Å²) in [5, 5.41) is 2.17. The number of anilines is 1. The second kappa shape index (κ2) is 6.39. The maximum atomic E-state index is 13.4. The highest BCUT2D eigenvalue weighted by Crippen LogP contribution is 2.19. The second-order valence-electron chi connectivity index (χ2n) is 4.40. The number of aryl methyl sites for hydroxylation is 1. The van der Waals surface area contributed by atoms with Crippen LogP contribution in [0.4, 0.5) is 23.2 Å². The molecule has 0 bridgehead atoms. The van der Waals surface area contributed by atoms with Crippen molar-refractivity contribution in [3.63, 3.8) is 0 Å². The molecule has 0 aliphatic rings. The highest BCUT2D eigenvalue weighted by atomic mass is 19.2. The summed E-state index contributed by atoms with van der Waals surface area (Å²) >= 11 is 0. The first kappa shape index (κ1) is 15.0. The van der Waals surface area contributed by atoms with Gasteiger partial charge in [-0.1, -0.05) is 12.1 Å². The van der Waals surface area contributed by atoms with Crippen LogP contribution in [0.25, 0.3) is 0 Å². The third-order valence-electron chi connectivity index (χ3n) is 2.86. The van der Waals surface area contributed by atoms with E-state index >= 15 is 0 Å². The van der Waals surface area contributed by atoms with Gasteiger partial charge in [-0.2, -0.15) is 0 Å². The molecule has 0 unspecified atom stereocenters. The number of hydrogen-bond donors (Lipinski definition) is 1. The Morgan fingerprint density at radius 1 is 0.905 bits per heavy atom. The van der Waals surface area contributed by atoms with E-state index < -0.39 is 29.0 Å². The molecule has 1 amide bonds. The fourth-order valence-corrected chi connectivity index (χ4v) is 1.74. The minimum absolute atomic E-state index is 0.00404. The van der Waals surface area contributed by atoms with Crippen molar-refractivity contribution in [1.29, 1.82) is 0 Å². The summed E-state index contributed by atoms with van der Waals surface area (Å²) in [5.74, 6) is -5.33. The number of hydrogen-bond acceptors (Lipinski definition) is 1. The van der Waals surface area contributed by atoms with E-state index in [0.29, 0.717) is 6.42 Å². The number of carbonyl (C=O) groups excluding carboxylic acids is 1. The lowest BCUT2D eigenvalue weighted by Crippen LogP contribution is -2.14. The summed E-state index contributed by atoms with van der Waals surface area (Å²) in [6.45, 7) is 0. The van der Waals surface area contributed by atoms with Crippen molar-refractivity contribution in [3.05, 3.63) is 65.2 Å². The molecule has 21 heavy (non-hydrogen) atoms. The van der Waals surface area contributed by atoms with E-state index in [1.165, 1.54) is 24.3 Å². The molecule has 6 heteroatoms. The Labute approximate surface area is 118 Å². The highest BCUT2D eigenvalue weighted by molar-refractivity contribution is 5.90. The molecule has 2 aromatic rings. The van der Waals surface area contributed by atoms with Gasteiger partial charge in [0.2, 0.25) is 5.91 Å². The minimum atomic E-state index is -1.63. The third kappa shape index (κ3) is 3.81. The molecule has 2 rings (SSSR count). The fourth-order valence-electron chi connectivity index (χ4n) is 1.74. The lowest BCUT2D eigenvalue weighted by Gasteiger charge is -2.07. The van der Waals surface area contributed by atoms with Crippen LogP contribution in [0.2, 0.25) is 0 Å². The van der Waals surface area contributed by atoms with E-state index in [1.807, 2.05) is 0 Å². The maximum Gasteiger partial charge on any atom is 0.224 e. The van der Waals surface area contributed by atoms with Gasteiger partial charge in [-0.15, -0.1) is 0 Å². The fraction of sp³-hybridized carbons (Fsp3) is 0.133. The first-order chi connectivity index (χ1) is 9.97. The zero-order valence-electron chi connectivity index (χ0n) is 10.8. The molecule has 0 saturated heterocycles. The summed E-state index contributed by atoms with van der Waals surface area (Å²) in [4.78, 5) is 11.6. The van der Waals surface area contributed by atoms with E-state index in [1.54, 1.807) is 0 Å². The molecular formula is C15H11F4NO.